The zero-order valence-corrected chi connectivity index (χ0v) is 11.8. The zero-order chi connectivity index (χ0) is 13.1. The van der Waals surface area contributed by atoms with E-state index >= 15 is 0 Å². The molecule has 0 radical (unpaired) electrons. The molecule has 1 aromatic carbocycles. The van der Waals surface area contributed by atoms with E-state index in [1.165, 1.54) is 22.4 Å². The maximum atomic E-state index is 5.98. The van der Waals surface area contributed by atoms with Gasteiger partial charge in [0.05, 0.1) is 13.2 Å². The minimum absolute atomic E-state index is 0.864. The lowest BCUT2D eigenvalue weighted by Gasteiger charge is -2.27. The molecule has 0 spiro atoms. The monoisotopic (exact) mass is 261 g/mol. The van der Waals surface area contributed by atoms with Crippen molar-refractivity contribution in [2.24, 2.45) is 0 Å². The number of rotatable bonds is 4. The molecule has 1 N–H and O–H groups in total. The van der Waals surface area contributed by atoms with E-state index in [0.717, 1.165) is 64.0 Å². The van der Waals surface area contributed by atoms with Crippen molar-refractivity contribution in [2.45, 2.75) is 38.5 Å². The van der Waals surface area contributed by atoms with Crippen LogP contribution >= 0.6 is 0 Å². The number of ether oxygens (including phenoxy) is 2. The predicted octanol–water partition coefficient (Wildman–Crippen LogP) is 2.49. The van der Waals surface area contributed by atoms with Crippen LogP contribution in [0.15, 0.2) is 6.07 Å². The first-order chi connectivity index (χ1) is 9.40. The first-order valence-corrected chi connectivity index (χ1v) is 7.48. The Labute approximate surface area is 115 Å². The lowest BCUT2D eigenvalue weighted by molar-refractivity contribution is 0.269. The first-order valence-electron chi connectivity index (χ1n) is 7.48. The van der Waals surface area contributed by atoms with Crippen LogP contribution < -0.4 is 14.8 Å². The summed E-state index contributed by atoms with van der Waals surface area (Å²) < 4.78 is 11.8. The standard InChI is InChI=1S/C16H23NO2/c1-17-8-2-6-14-13-7-4-9-18-15(13)11-12-5-3-10-19-16(12)14/h11,17H,2-10H2,1H3. The summed E-state index contributed by atoms with van der Waals surface area (Å²) in [4.78, 5) is 0. The van der Waals surface area contributed by atoms with Crippen LogP contribution in [0.5, 0.6) is 11.5 Å². The number of hydrogen-bond donors (Lipinski definition) is 1. The zero-order valence-electron chi connectivity index (χ0n) is 11.8. The summed E-state index contributed by atoms with van der Waals surface area (Å²) in [6.07, 6.45) is 6.77. The lowest BCUT2D eigenvalue weighted by atomic mass is 9.91. The van der Waals surface area contributed by atoms with Gasteiger partial charge < -0.3 is 14.8 Å². The molecule has 2 aliphatic rings. The van der Waals surface area contributed by atoms with Gasteiger partial charge in [0.1, 0.15) is 11.5 Å². The molecule has 3 rings (SSSR count). The first kappa shape index (κ1) is 12.8. The second-order valence-electron chi connectivity index (χ2n) is 5.43. The summed E-state index contributed by atoms with van der Waals surface area (Å²) in [6.45, 7) is 2.79. The van der Waals surface area contributed by atoms with Gasteiger partial charge in [0.2, 0.25) is 0 Å². The fourth-order valence-electron chi connectivity index (χ4n) is 3.13. The van der Waals surface area contributed by atoms with Crippen molar-refractivity contribution < 1.29 is 9.47 Å². The maximum Gasteiger partial charge on any atom is 0.126 e. The highest BCUT2D eigenvalue weighted by atomic mass is 16.5. The number of benzene rings is 1. The Morgan fingerprint density at radius 2 is 2.00 bits per heavy atom. The fourth-order valence-corrected chi connectivity index (χ4v) is 3.13. The Morgan fingerprint density at radius 3 is 2.89 bits per heavy atom. The third-order valence-electron chi connectivity index (χ3n) is 4.05. The van der Waals surface area contributed by atoms with E-state index in [1.54, 1.807) is 0 Å². The third kappa shape index (κ3) is 2.57. The van der Waals surface area contributed by atoms with Gasteiger partial charge in [-0.25, -0.2) is 0 Å². The van der Waals surface area contributed by atoms with E-state index in [2.05, 4.69) is 11.4 Å². The number of fused-ring (bicyclic) bond motifs is 2. The van der Waals surface area contributed by atoms with E-state index in [4.69, 9.17) is 9.47 Å². The number of aryl methyl sites for hydroxylation is 1. The Kier molecular flexibility index (Phi) is 3.92. The van der Waals surface area contributed by atoms with Crippen LogP contribution in [0.25, 0.3) is 0 Å². The minimum atomic E-state index is 0.864. The van der Waals surface area contributed by atoms with Gasteiger partial charge in [0.25, 0.3) is 0 Å². The molecule has 0 amide bonds. The van der Waals surface area contributed by atoms with Crippen LogP contribution in [0.2, 0.25) is 0 Å². The summed E-state index contributed by atoms with van der Waals surface area (Å²) in [7, 11) is 2.01. The Hall–Kier alpha value is -1.22. The van der Waals surface area contributed by atoms with Gasteiger partial charge in [-0.1, -0.05) is 0 Å². The second kappa shape index (κ2) is 5.83. The molecule has 1 aromatic rings. The molecule has 2 aliphatic heterocycles. The average Bonchev–Trinajstić information content (AvgIpc) is 2.46. The molecule has 0 bridgehead atoms. The van der Waals surface area contributed by atoms with Gasteiger partial charge in [0, 0.05) is 11.1 Å². The van der Waals surface area contributed by atoms with Gasteiger partial charge in [0.15, 0.2) is 0 Å². The van der Waals surface area contributed by atoms with Crippen molar-refractivity contribution in [1.29, 1.82) is 0 Å². The Bertz CT molecular complexity index is 422. The quantitative estimate of drug-likeness (QED) is 0.845. The molecule has 0 fully saturated rings. The summed E-state index contributed by atoms with van der Waals surface area (Å²) in [5.41, 5.74) is 4.18. The van der Waals surface area contributed by atoms with E-state index in [-0.39, 0.29) is 0 Å². The summed E-state index contributed by atoms with van der Waals surface area (Å²) in [5.74, 6) is 2.29. The molecule has 104 valence electrons. The minimum Gasteiger partial charge on any atom is -0.493 e. The average molecular weight is 261 g/mol. The SMILES string of the molecule is CNCCCc1c2c(cc3c1OCCC3)OCCC2. The van der Waals surface area contributed by atoms with Crippen LogP contribution in [0, 0.1) is 0 Å². The molecular formula is C16H23NO2. The van der Waals surface area contributed by atoms with E-state index in [9.17, 15) is 0 Å². The summed E-state index contributed by atoms with van der Waals surface area (Å²) in [5, 5.41) is 3.23. The van der Waals surface area contributed by atoms with Crippen LogP contribution in [-0.4, -0.2) is 26.8 Å². The van der Waals surface area contributed by atoms with Crippen molar-refractivity contribution in [3.05, 3.63) is 22.8 Å². The highest BCUT2D eigenvalue weighted by Gasteiger charge is 2.23. The number of nitrogens with one attached hydrogen (secondary N) is 1. The number of hydrogen-bond acceptors (Lipinski definition) is 3. The molecule has 0 aromatic heterocycles. The van der Waals surface area contributed by atoms with E-state index < -0.39 is 0 Å². The van der Waals surface area contributed by atoms with Crippen molar-refractivity contribution in [3.8, 4) is 11.5 Å². The third-order valence-corrected chi connectivity index (χ3v) is 4.05. The fraction of sp³-hybridized carbons (Fsp3) is 0.625. The van der Waals surface area contributed by atoms with Gasteiger partial charge >= 0.3 is 0 Å². The van der Waals surface area contributed by atoms with Crippen molar-refractivity contribution in [3.63, 3.8) is 0 Å². The highest BCUT2D eigenvalue weighted by molar-refractivity contribution is 5.55. The van der Waals surface area contributed by atoms with Crippen LogP contribution in [0.4, 0.5) is 0 Å². The smallest absolute Gasteiger partial charge is 0.126 e. The summed E-state index contributed by atoms with van der Waals surface area (Å²) in [6, 6.07) is 2.23. The van der Waals surface area contributed by atoms with Crippen LogP contribution in [0.1, 0.15) is 36.0 Å². The van der Waals surface area contributed by atoms with Crippen molar-refractivity contribution in [2.75, 3.05) is 26.8 Å². The van der Waals surface area contributed by atoms with E-state index in [1.807, 2.05) is 7.05 Å². The maximum absolute atomic E-state index is 5.98. The molecule has 0 unspecified atom stereocenters. The molecular weight excluding hydrogens is 238 g/mol. The normalized spacial score (nSPS) is 17.1. The Morgan fingerprint density at radius 1 is 1.16 bits per heavy atom. The molecule has 0 aliphatic carbocycles. The molecule has 2 heterocycles. The van der Waals surface area contributed by atoms with Gasteiger partial charge in [-0.05, 0) is 63.7 Å². The molecule has 3 heteroatoms. The van der Waals surface area contributed by atoms with Crippen LogP contribution in [0.3, 0.4) is 0 Å². The topological polar surface area (TPSA) is 30.5 Å². The van der Waals surface area contributed by atoms with Crippen LogP contribution in [-0.2, 0) is 19.3 Å². The molecule has 0 atom stereocenters. The van der Waals surface area contributed by atoms with Gasteiger partial charge in [-0.3, -0.25) is 0 Å². The molecule has 0 saturated carbocycles. The predicted molar refractivity (Wildman–Crippen MR) is 76.3 cm³/mol. The lowest BCUT2D eigenvalue weighted by Crippen LogP contribution is -2.17. The van der Waals surface area contributed by atoms with E-state index in [0.29, 0.717) is 0 Å². The summed E-state index contributed by atoms with van der Waals surface area (Å²) >= 11 is 0. The largest absolute Gasteiger partial charge is 0.493 e. The van der Waals surface area contributed by atoms with Crippen molar-refractivity contribution in [1.82, 2.24) is 5.32 Å². The van der Waals surface area contributed by atoms with Gasteiger partial charge in [-0.15, -0.1) is 0 Å². The molecule has 19 heavy (non-hydrogen) atoms. The molecule has 0 saturated heterocycles. The second-order valence-corrected chi connectivity index (χ2v) is 5.43. The Balaban J connectivity index is 1.96. The van der Waals surface area contributed by atoms with Crippen molar-refractivity contribution >= 4 is 0 Å². The van der Waals surface area contributed by atoms with Gasteiger partial charge in [-0.2, -0.15) is 0 Å². The highest BCUT2D eigenvalue weighted by Crippen LogP contribution is 2.40. The molecule has 3 nitrogen and oxygen atoms in total.